The van der Waals surface area contributed by atoms with Gasteiger partial charge in [0, 0.05) is 5.54 Å². The average Bonchev–Trinajstić information content (AvgIpc) is 2.52. The van der Waals surface area contributed by atoms with Gasteiger partial charge in [-0.15, -0.1) is 0 Å². The van der Waals surface area contributed by atoms with Gasteiger partial charge >= 0.3 is 0 Å². The summed E-state index contributed by atoms with van der Waals surface area (Å²) in [6, 6.07) is 2.24. The summed E-state index contributed by atoms with van der Waals surface area (Å²) in [5.74, 6) is 0. The zero-order valence-electron chi connectivity index (χ0n) is 10.6. The van der Waals surface area contributed by atoms with Crippen molar-refractivity contribution in [2.75, 3.05) is 6.54 Å². The molecule has 0 spiro atoms. The van der Waals surface area contributed by atoms with Crippen molar-refractivity contribution in [1.82, 2.24) is 5.32 Å². The van der Waals surface area contributed by atoms with E-state index in [2.05, 4.69) is 56.8 Å². The molecule has 1 heterocycles. The molecule has 0 bridgehead atoms. The molecule has 0 aliphatic rings. The summed E-state index contributed by atoms with van der Waals surface area (Å²) in [4.78, 5) is 0. The van der Waals surface area contributed by atoms with Crippen molar-refractivity contribution < 1.29 is 0 Å². The number of hydrogen-bond acceptors (Lipinski definition) is 2. The van der Waals surface area contributed by atoms with E-state index < -0.39 is 0 Å². The molecule has 0 saturated carbocycles. The minimum atomic E-state index is 0.227. The standard InChI is InChI=1S/C13H23NS/c1-12(2,3)14-8-7-13(4,5)11-6-9-15-10-11/h6,9-10,14H,7-8H2,1-5H3. The van der Waals surface area contributed by atoms with Crippen LogP contribution in [0.3, 0.4) is 0 Å². The Morgan fingerprint density at radius 1 is 1.20 bits per heavy atom. The summed E-state index contributed by atoms with van der Waals surface area (Å²) < 4.78 is 0. The van der Waals surface area contributed by atoms with Gasteiger partial charge < -0.3 is 5.32 Å². The zero-order valence-corrected chi connectivity index (χ0v) is 11.4. The molecule has 1 rings (SSSR count). The van der Waals surface area contributed by atoms with Crippen molar-refractivity contribution in [2.24, 2.45) is 0 Å². The van der Waals surface area contributed by atoms with Gasteiger partial charge in [0.15, 0.2) is 0 Å². The summed E-state index contributed by atoms with van der Waals surface area (Å²) in [5.41, 5.74) is 1.98. The Bertz CT molecular complexity index is 280. The molecule has 86 valence electrons. The first-order valence-corrected chi connectivity index (χ1v) is 6.53. The Morgan fingerprint density at radius 3 is 2.33 bits per heavy atom. The van der Waals surface area contributed by atoms with Crippen LogP contribution in [0.5, 0.6) is 0 Å². The van der Waals surface area contributed by atoms with Gasteiger partial charge in [-0.3, -0.25) is 0 Å². The van der Waals surface area contributed by atoms with Gasteiger partial charge in [-0.2, -0.15) is 11.3 Å². The molecule has 2 heteroatoms. The zero-order chi connectivity index (χ0) is 11.5. The smallest absolute Gasteiger partial charge is 0.00965 e. The van der Waals surface area contributed by atoms with E-state index in [-0.39, 0.29) is 11.0 Å². The highest BCUT2D eigenvalue weighted by Gasteiger charge is 2.21. The molecule has 0 amide bonds. The first-order chi connectivity index (χ1) is 6.81. The molecule has 1 nitrogen and oxygen atoms in total. The molecule has 0 atom stereocenters. The highest BCUT2D eigenvalue weighted by atomic mass is 32.1. The number of nitrogens with one attached hydrogen (secondary N) is 1. The fraction of sp³-hybridized carbons (Fsp3) is 0.692. The lowest BCUT2D eigenvalue weighted by atomic mass is 9.83. The van der Waals surface area contributed by atoms with Gasteiger partial charge in [-0.1, -0.05) is 13.8 Å². The Morgan fingerprint density at radius 2 is 1.87 bits per heavy atom. The van der Waals surface area contributed by atoms with Crippen LogP contribution in [0.25, 0.3) is 0 Å². The lowest BCUT2D eigenvalue weighted by Gasteiger charge is -2.27. The van der Waals surface area contributed by atoms with Crippen LogP contribution in [0.2, 0.25) is 0 Å². The first kappa shape index (κ1) is 12.7. The molecule has 0 aliphatic heterocycles. The van der Waals surface area contributed by atoms with Crippen molar-refractivity contribution in [2.45, 2.75) is 52.0 Å². The Balaban J connectivity index is 2.44. The van der Waals surface area contributed by atoms with E-state index in [1.807, 2.05) is 0 Å². The van der Waals surface area contributed by atoms with Gasteiger partial charge in [0.25, 0.3) is 0 Å². The van der Waals surface area contributed by atoms with Crippen LogP contribution in [0, 0.1) is 0 Å². The highest BCUT2D eigenvalue weighted by Crippen LogP contribution is 2.28. The summed E-state index contributed by atoms with van der Waals surface area (Å²) in [6.07, 6.45) is 1.18. The molecule has 1 aromatic heterocycles. The van der Waals surface area contributed by atoms with Crippen LogP contribution in [0.4, 0.5) is 0 Å². The van der Waals surface area contributed by atoms with E-state index in [4.69, 9.17) is 0 Å². The summed E-state index contributed by atoms with van der Waals surface area (Å²) in [5, 5.41) is 7.97. The van der Waals surface area contributed by atoms with Gasteiger partial charge in [-0.25, -0.2) is 0 Å². The quantitative estimate of drug-likeness (QED) is 0.822. The van der Waals surface area contributed by atoms with E-state index in [1.54, 1.807) is 11.3 Å². The molecule has 0 aromatic carbocycles. The second-order valence-corrected chi connectivity index (χ2v) is 6.60. The third-order valence-corrected chi connectivity index (χ3v) is 3.39. The van der Waals surface area contributed by atoms with Crippen LogP contribution in [0.1, 0.15) is 46.6 Å². The van der Waals surface area contributed by atoms with Crippen molar-refractivity contribution >= 4 is 11.3 Å². The van der Waals surface area contributed by atoms with Gasteiger partial charge in [0.05, 0.1) is 0 Å². The van der Waals surface area contributed by atoms with E-state index in [0.717, 1.165) is 6.54 Å². The Kier molecular flexibility index (Phi) is 3.96. The van der Waals surface area contributed by atoms with Gasteiger partial charge in [-0.05, 0) is 61.5 Å². The molecule has 1 aromatic rings. The van der Waals surface area contributed by atoms with Crippen LogP contribution < -0.4 is 5.32 Å². The van der Waals surface area contributed by atoms with E-state index in [0.29, 0.717) is 0 Å². The highest BCUT2D eigenvalue weighted by molar-refractivity contribution is 7.08. The number of rotatable bonds is 4. The fourth-order valence-electron chi connectivity index (χ4n) is 1.54. The van der Waals surface area contributed by atoms with Crippen molar-refractivity contribution in [3.63, 3.8) is 0 Å². The Hall–Kier alpha value is -0.340. The summed E-state index contributed by atoms with van der Waals surface area (Å²) in [7, 11) is 0. The number of thiophene rings is 1. The third-order valence-electron chi connectivity index (χ3n) is 2.71. The molecule has 0 aliphatic carbocycles. The van der Waals surface area contributed by atoms with E-state index in [1.165, 1.54) is 12.0 Å². The molecule has 0 saturated heterocycles. The topological polar surface area (TPSA) is 12.0 Å². The lowest BCUT2D eigenvalue weighted by Crippen LogP contribution is -2.38. The second-order valence-electron chi connectivity index (χ2n) is 5.82. The Labute approximate surface area is 97.9 Å². The van der Waals surface area contributed by atoms with Crippen molar-refractivity contribution in [3.05, 3.63) is 22.4 Å². The number of hydrogen-bond donors (Lipinski definition) is 1. The van der Waals surface area contributed by atoms with Crippen LogP contribution >= 0.6 is 11.3 Å². The minimum absolute atomic E-state index is 0.227. The molecule has 0 unspecified atom stereocenters. The van der Waals surface area contributed by atoms with Gasteiger partial charge in [0.1, 0.15) is 0 Å². The SMILES string of the molecule is CC(C)(C)NCCC(C)(C)c1ccsc1. The molecular formula is C13H23NS. The molecular weight excluding hydrogens is 202 g/mol. The van der Waals surface area contributed by atoms with Crippen LogP contribution in [-0.2, 0) is 5.41 Å². The first-order valence-electron chi connectivity index (χ1n) is 5.59. The maximum absolute atomic E-state index is 3.54. The minimum Gasteiger partial charge on any atom is -0.312 e. The van der Waals surface area contributed by atoms with Crippen LogP contribution in [-0.4, -0.2) is 12.1 Å². The van der Waals surface area contributed by atoms with Crippen molar-refractivity contribution in [1.29, 1.82) is 0 Å². The maximum atomic E-state index is 3.54. The van der Waals surface area contributed by atoms with Crippen LogP contribution in [0.15, 0.2) is 16.8 Å². The molecule has 0 radical (unpaired) electrons. The maximum Gasteiger partial charge on any atom is 0.00965 e. The average molecular weight is 225 g/mol. The third kappa shape index (κ3) is 4.35. The van der Waals surface area contributed by atoms with E-state index in [9.17, 15) is 0 Å². The summed E-state index contributed by atoms with van der Waals surface area (Å²) in [6.45, 7) is 12.4. The fourth-order valence-corrected chi connectivity index (χ4v) is 2.39. The predicted octanol–water partition coefficient (Wildman–Crippen LogP) is 3.80. The monoisotopic (exact) mass is 225 g/mol. The summed E-state index contributed by atoms with van der Waals surface area (Å²) >= 11 is 1.79. The van der Waals surface area contributed by atoms with Gasteiger partial charge in [0.2, 0.25) is 0 Å². The van der Waals surface area contributed by atoms with Crippen molar-refractivity contribution in [3.8, 4) is 0 Å². The normalized spacial score (nSPS) is 13.1. The lowest BCUT2D eigenvalue weighted by molar-refractivity contribution is 0.380. The second kappa shape index (κ2) is 4.67. The molecule has 15 heavy (non-hydrogen) atoms. The largest absolute Gasteiger partial charge is 0.312 e. The molecule has 1 N–H and O–H groups in total. The predicted molar refractivity (Wildman–Crippen MR) is 69.7 cm³/mol. The molecule has 0 fully saturated rings. The van der Waals surface area contributed by atoms with E-state index >= 15 is 0 Å².